The number of carboxylic acid groups (broad SMARTS) is 1. The molecule has 1 aromatic carbocycles. The number of benzene rings is 1. The van der Waals surface area contributed by atoms with Gasteiger partial charge in [0.25, 0.3) is 0 Å². The number of nitrogens with one attached hydrogen (secondary N) is 1. The zero-order valence-corrected chi connectivity index (χ0v) is 8.73. The van der Waals surface area contributed by atoms with Crippen LogP contribution in [0.4, 0.5) is 0 Å². The van der Waals surface area contributed by atoms with Crippen molar-refractivity contribution in [3.63, 3.8) is 0 Å². The molecule has 2 rings (SSSR count). The van der Waals surface area contributed by atoms with Crippen LogP contribution in [0.2, 0.25) is 0 Å². The Morgan fingerprint density at radius 1 is 1.40 bits per heavy atom. The summed E-state index contributed by atoms with van der Waals surface area (Å²) in [4.78, 5) is 11.1. The summed E-state index contributed by atoms with van der Waals surface area (Å²) in [5, 5.41) is 12.2. The van der Waals surface area contributed by atoms with Gasteiger partial charge in [-0.05, 0) is 18.1 Å². The highest BCUT2D eigenvalue weighted by atomic mass is 16.4. The van der Waals surface area contributed by atoms with E-state index in [2.05, 4.69) is 5.32 Å². The van der Waals surface area contributed by atoms with Gasteiger partial charge in [0, 0.05) is 19.0 Å². The highest BCUT2D eigenvalue weighted by Gasteiger charge is 2.34. The number of hydrogen-bond donors (Lipinski definition) is 2. The van der Waals surface area contributed by atoms with Crippen molar-refractivity contribution in [2.45, 2.75) is 12.8 Å². The van der Waals surface area contributed by atoms with E-state index < -0.39 is 5.97 Å². The van der Waals surface area contributed by atoms with Crippen LogP contribution in [-0.4, -0.2) is 24.2 Å². The van der Waals surface area contributed by atoms with Crippen LogP contribution in [0.15, 0.2) is 24.3 Å². The molecule has 1 saturated heterocycles. The van der Waals surface area contributed by atoms with Crippen molar-refractivity contribution in [1.29, 1.82) is 0 Å². The van der Waals surface area contributed by atoms with Crippen molar-refractivity contribution in [3.05, 3.63) is 35.4 Å². The molecule has 1 aliphatic rings. The summed E-state index contributed by atoms with van der Waals surface area (Å²) in [7, 11) is 0. The summed E-state index contributed by atoms with van der Waals surface area (Å²) in [6.45, 7) is 3.38. The molecule has 80 valence electrons. The minimum atomic E-state index is -0.701. The molecular formula is C12H15NO2. The van der Waals surface area contributed by atoms with Crippen molar-refractivity contribution in [3.8, 4) is 0 Å². The van der Waals surface area contributed by atoms with Gasteiger partial charge in [0.1, 0.15) is 0 Å². The minimum Gasteiger partial charge on any atom is -0.481 e. The Hall–Kier alpha value is -1.35. The second-order valence-electron chi connectivity index (χ2n) is 4.07. The third-order valence-corrected chi connectivity index (χ3v) is 3.12. The smallest absolute Gasteiger partial charge is 0.308 e. The van der Waals surface area contributed by atoms with Gasteiger partial charge >= 0.3 is 5.97 Å². The van der Waals surface area contributed by atoms with Gasteiger partial charge in [-0.2, -0.15) is 0 Å². The average molecular weight is 205 g/mol. The van der Waals surface area contributed by atoms with Crippen LogP contribution in [0.1, 0.15) is 17.0 Å². The Labute approximate surface area is 89.1 Å². The summed E-state index contributed by atoms with van der Waals surface area (Å²) in [5.74, 6) is -0.872. The summed E-state index contributed by atoms with van der Waals surface area (Å²) >= 11 is 0. The number of hydrogen-bond acceptors (Lipinski definition) is 2. The molecule has 1 aliphatic heterocycles. The van der Waals surface area contributed by atoms with Crippen LogP contribution in [0.3, 0.4) is 0 Å². The molecule has 1 aromatic rings. The molecule has 3 heteroatoms. The molecule has 0 bridgehead atoms. The Morgan fingerprint density at radius 2 is 2.13 bits per heavy atom. The minimum absolute atomic E-state index is 0.115. The Bertz CT molecular complexity index is 376. The van der Waals surface area contributed by atoms with Gasteiger partial charge in [0.2, 0.25) is 0 Å². The van der Waals surface area contributed by atoms with Crippen LogP contribution < -0.4 is 5.32 Å². The maximum atomic E-state index is 11.1. The first-order chi connectivity index (χ1) is 7.20. The van der Waals surface area contributed by atoms with Crippen LogP contribution in [0.25, 0.3) is 0 Å². The van der Waals surface area contributed by atoms with Gasteiger partial charge < -0.3 is 10.4 Å². The lowest BCUT2D eigenvalue weighted by molar-refractivity contribution is -0.141. The Kier molecular flexibility index (Phi) is 2.73. The van der Waals surface area contributed by atoms with Gasteiger partial charge in [-0.1, -0.05) is 24.3 Å². The molecule has 0 amide bonds. The van der Waals surface area contributed by atoms with E-state index in [4.69, 9.17) is 5.11 Å². The molecule has 2 N–H and O–H groups in total. The topological polar surface area (TPSA) is 49.3 Å². The molecule has 2 unspecified atom stereocenters. The van der Waals surface area contributed by atoms with E-state index in [9.17, 15) is 4.79 Å². The normalized spacial score (nSPS) is 25.4. The number of aryl methyl sites for hydroxylation is 1. The van der Waals surface area contributed by atoms with Crippen molar-refractivity contribution in [2.75, 3.05) is 13.1 Å². The summed E-state index contributed by atoms with van der Waals surface area (Å²) < 4.78 is 0. The maximum absolute atomic E-state index is 11.1. The van der Waals surface area contributed by atoms with Crippen molar-refractivity contribution in [2.24, 2.45) is 5.92 Å². The number of carbonyl (C=O) groups is 1. The second-order valence-corrected chi connectivity index (χ2v) is 4.07. The maximum Gasteiger partial charge on any atom is 0.308 e. The van der Waals surface area contributed by atoms with Crippen molar-refractivity contribution < 1.29 is 9.90 Å². The SMILES string of the molecule is Cc1ccccc1C1CNCC1C(=O)O. The zero-order chi connectivity index (χ0) is 10.8. The van der Waals surface area contributed by atoms with E-state index >= 15 is 0 Å². The lowest BCUT2D eigenvalue weighted by Crippen LogP contribution is -2.21. The fraction of sp³-hybridized carbons (Fsp3) is 0.417. The monoisotopic (exact) mass is 205 g/mol. The molecular weight excluding hydrogens is 190 g/mol. The molecule has 15 heavy (non-hydrogen) atoms. The number of carboxylic acids is 1. The molecule has 2 atom stereocenters. The highest BCUT2D eigenvalue weighted by Crippen LogP contribution is 2.30. The first-order valence-electron chi connectivity index (χ1n) is 5.19. The van der Waals surface area contributed by atoms with E-state index in [-0.39, 0.29) is 11.8 Å². The first-order valence-corrected chi connectivity index (χ1v) is 5.19. The predicted octanol–water partition coefficient (Wildman–Crippen LogP) is 1.38. The van der Waals surface area contributed by atoms with Crippen LogP contribution in [0, 0.1) is 12.8 Å². The predicted molar refractivity (Wildman–Crippen MR) is 57.9 cm³/mol. The van der Waals surface area contributed by atoms with Gasteiger partial charge in [0.15, 0.2) is 0 Å². The lowest BCUT2D eigenvalue weighted by atomic mass is 9.86. The zero-order valence-electron chi connectivity index (χ0n) is 8.73. The van der Waals surface area contributed by atoms with Crippen LogP contribution >= 0.6 is 0 Å². The van der Waals surface area contributed by atoms with E-state index in [0.717, 1.165) is 12.1 Å². The van der Waals surface area contributed by atoms with E-state index in [1.165, 1.54) is 5.56 Å². The fourth-order valence-electron chi connectivity index (χ4n) is 2.27. The number of rotatable bonds is 2. The van der Waals surface area contributed by atoms with E-state index in [1.807, 2.05) is 31.2 Å². The largest absolute Gasteiger partial charge is 0.481 e. The van der Waals surface area contributed by atoms with Gasteiger partial charge in [-0.3, -0.25) is 4.79 Å². The molecule has 1 heterocycles. The summed E-state index contributed by atoms with van der Waals surface area (Å²) in [5.41, 5.74) is 2.34. The molecule has 3 nitrogen and oxygen atoms in total. The molecule has 0 radical (unpaired) electrons. The molecule has 0 spiro atoms. The van der Waals surface area contributed by atoms with E-state index in [0.29, 0.717) is 6.54 Å². The first kappa shape index (κ1) is 10.2. The molecule has 0 aromatic heterocycles. The van der Waals surface area contributed by atoms with Gasteiger partial charge in [0.05, 0.1) is 5.92 Å². The highest BCUT2D eigenvalue weighted by molar-refractivity contribution is 5.72. The Balaban J connectivity index is 2.30. The van der Waals surface area contributed by atoms with Crippen LogP contribution in [0.5, 0.6) is 0 Å². The third-order valence-electron chi connectivity index (χ3n) is 3.12. The second kappa shape index (κ2) is 4.03. The van der Waals surface area contributed by atoms with Gasteiger partial charge in [-0.15, -0.1) is 0 Å². The standard InChI is InChI=1S/C12H15NO2/c1-8-4-2-3-5-9(8)10-6-13-7-11(10)12(14)15/h2-5,10-11,13H,6-7H2,1H3,(H,14,15). The quantitative estimate of drug-likeness (QED) is 0.767. The van der Waals surface area contributed by atoms with Crippen molar-refractivity contribution in [1.82, 2.24) is 5.32 Å². The van der Waals surface area contributed by atoms with Crippen molar-refractivity contribution >= 4 is 5.97 Å². The summed E-state index contributed by atoms with van der Waals surface area (Å²) in [6, 6.07) is 8.02. The summed E-state index contributed by atoms with van der Waals surface area (Å²) in [6.07, 6.45) is 0. The van der Waals surface area contributed by atoms with Gasteiger partial charge in [-0.25, -0.2) is 0 Å². The molecule has 0 saturated carbocycles. The molecule has 0 aliphatic carbocycles. The lowest BCUT2D eigenvalue weighted by Gasteiger charge is -2.17. The van der Waals surface area contributed by atoms with Crippen LogP contribution in [-0.2, 0) is 4.79 Å². The van der Waals surface area contributed by atoms with E-state index in [1.54, 1.807) is 0 Å². The Morgan fingerprint density at radius 3 is 2.80 bits per heavy atom. The number of aliphatic carboxylic acids is 1. The molecule has 1 fully saturated rings. The third kappa shape index (κ3) is 1.88. The average Bonchev–Trinajstić information content (AvgIpc) is 2.67. The fourth-order valence-corrected chi connectivity index (χ4v) is 2.27.